The molecule has 0 N–H and O–H groups in total. The van der Waals surface area contributed by atoms with Crippen LogP contribution in [0.5, 0.6) is 0 Å². The lowest BCUT2D eigenvalue weighted by molar-refractivity contribution is 1.42. The molecule has 1 aliphatic rings. The SMILES string of the molecule is Cc1cc(-c2ccc3sc4ccccc4c3c2)ccc1-c1c(C)ccc2c3c(ccc12)[Si](C)(C)c1cc(-c2ccc4sc5ccccc5c4c2)ccc1-3. The number of benzene rings is 8. The van der Waals surface area contributed by atoms with E-state index in [4.69, 9.17) is 0 Å². The lowest BCUT2D eigenvalue weighted by Gasteiger charge is -2.20. The largest absolute Gasteiger partial charge is 0.135 e. The summed E-state index contributed by atoms with van der Waals surface area (Å²) in [6.45, 7) is 9.64. The van der Waals surface area contributed by atoms with E-state index in [1.165, 1.54) is 107 Å². The highest BCUT2D eigenvalue weighted by molar-refractivity contribution is 7.26. The molecule has 10 aromatic rings. The van der Waals surface area contributed by atoms with Crippen molar-refractivity contribution in [1.29, 1.82) is 0 Å². The Morgan fingerprint density at radius 1 is 0.358 bits per heavy atom. The van der Waals surface area contributed by atoms with E-state index in [0.717, 1.165) is 0 Å². The Bertz CT molecular complexity index is 3170. The minimum absolute atomic E-state index is 1.27. The Morgan fingerprint density at radius 2 is 0.868 bits per heavy atom. The van der Waals surface area contributed by atoms with Gasteiger partial charge in [0.05, 0.1) is 0 Å². The molecule has 0 unspecified atom stereocenters. The van der Waals surface area contributed by atoms with Crippen molar-refractivity contribution in [2.75, 3.05) is 0 Å². The summed E-state index contributed by atoms with van der Waals surface area (Å²) in [5.74, 6) is 0. The molecule has 53 heavy (non-hydrogen) atoms. The summed E-state index contributed by atoms with van der Waals surface area (Å²) >= 11 is 3.76. The van der Waals surface area contributed by atoms with E-state index in [1.807, 2.05) is 22.7 Å². The minimum atomic E-state index is -1.94. The third-order valence-corrected chi connectivity index (χ3v) is 17.8. The van der Waals surface area contributed by atoms with Crippen LogP contribution in [0.25, 0.3) is 95.6 Å². The van der Waals surface area contributed by atoms with Gasteiger partial charge in [0.2, 0.25) is 0 Å². The molecule has 0 spiro atoms. The quantitative estimate of drug-likeness (QED) is 0.159. The van der Waals surface area contributed by atoms with Gasteiger partial charge in [-0.1, -0.05) is 122 Å². The normalized spacial score (nSPS) is 13.4. The molecule has 0 amide bonds. The average molecular weight is 729 g/mol. The van der Waals surface area contributed by atoms with Crippen LogP contribution in [0, 0.1) is 13.8 Å². The molecule has 8 aromatic carbocycles. The van der Waals surface area contributed by atoms with E-state index < -0.39 is 8.07 Å². The van der Waals surface area contributed by atoms with Crippen molar-refractivity contribution >= 4 is 92.2 Å². The average Bonchev–Trinajstić information content (AvgIpc) is 3.82. The summed E-state index contributed by atoms with van der Waals surface area (Å²) in [7, 11) is -1.94. The first-order chi connectivity index (χ1) is 25.8. The first-order valence-electron chi connectivity index (χ1n) is 18.5. The number of thiophene rings is 2. The van der Waals surface area contributed by atoms with Gasteiger partial charge in [0.25, 0.3) is 0 Å². The summed E-state index contributed by atoms with van der Waals surface area (Å²) in [6.07, 6.45) is 0. The third-order valence-electron chi connectivity index (χ3n) is 12.0. The molecule has 252 valence electrons. The van der Waals surface area contributed by atoms with Crippen LogP contribution in [0.4, 0.5) is 0 Å². The fourth-order valence-corrected chi connectivity index (χ4v) is 14.5. The second kappa shape index (κ2) is 11.3. The van der Waals surface area contributed by atoms with Gasteiger partial charge in [-0.15, -0.1) is 22.7 Å². The van der Waals surface area contributed by atoms with Crippen molar-refractivity contribution in [1.82, 2.24) is 0 Å². The molecule has 0 saturated heterocycles. The predicted molar refractivity (Wildman–Crippen MR) is 238 cm³/mol. The van der Waals surface area contributed by atoms with Gasteiger partial charge in [-0.05, 0) is 127 Å². The fraction of sp³-hybridized carbons (Fsp3) is 0.0800. The highest BCUT2D eigenvalue weighted by Gasteiger charge is 2.38. The topological polar surface area (TPSA) is 0 Å². The molecule has 0 fully saturated rings. The van der Waals surface area contributed by atoms with Crippen LogP contribution in [-0.4, -0.2) is 8.07 Å². The standard InChI is InChI=1S/C50H36S2Si/c1-29-13-18-39-38(49(29)35-19-14-31(25-30(35)2)32-16-22-45-41(26-32)36-9-5-7-11-43(36)51-45)21-24-47-50(39)40-20-15-34(28-48(40)53(47,3)4)33-17-23-46-42(27-33)37-10-6-8-12-44(37)52-46/h5-28H,1-4H3. The zero-order valence-corrected chi connectivity index (χ0v) is 32.8. The van der Waals surface area contributed by atoms with Crippen LogP contribution in [0.2, 0.25) is 13.1 Å². The zero-order chi connectivity index (χ0) is 35.6. The Morgan fingerprint density at radius 3 is 1.51 bits per heavy atom. The van der Waals surface area contributed by atoms with Gasteiger partial charge < -0.3 is 0 Å². The third kappa shape index (κ3) is 4.58. The van der Waals surface area contributed by atoms with Gasteiger partial charge in [0, 0.05) is 40.3 Å². The molecule has 0 saturated carbocycles. The monoisotopic (exact) mass is 728 g/mol. The Kier molecular flexibility index (Phi) is 6.68. The molecular formula is C50H36S2Si. The van der Waals surface area contributed by atoms with Crippen LogP contribution in [-0.2, 0) is 0 Å². The second-order valence-corrected chi connectivity index (χ2v) is 21.9. The van der Waals surface area contributed by atoms with E-state index in [-0.39, 0.29) is 0 Å². The van der Waals surface area contributed by atoms with Crippen LogP contribution >= 0.6 is 22.7 Å². The lowest BCUT2D eigenvalue weighted by Crippen LogP contribution is -2.49. The van der Waals surface area contributed by atoms with Gasteiger partial charge in [-0.25, -0.2) is 0 Å². The smallest absolute Gasteiger partial charge is 0.113 e. The highest BCUT2D eigenvalue weighted by atomic mass is 32.1. The summed E-state index contributed by atoms with van der Waals surface area (Å²) in [4.78, 5) is 0. The van der Waals surface area contributed by atoms with Crippen LogP contribution in [0.3, 0.4) is 0 Å². The molecule has 0 aliphatic carbocycles. The first kappa shape index (κ1) is 31.2. The van der Waals surface area contributed by atoms with Crippen LogP contribution in [0.1, 0.15) is 11.1 Å². The molecule has 0 atom stereocenters. The Labute approximate surface area is 318 Å². The van der Waals surface area contributed by atoms with Crippen LogP contribution < -0.4 is 10.4 Å². The molecule has 3 heteroatoms. The van der Waals surface area contributed by atoms with Crippen molar-refractivity contribution in [2.45, 2.75) is 26.9 Å². The molecular weight excluding hydrogens is 693 g/mol. The summed E-state index contributed by atoms with van der Waals surface area (Å²) in [5.41, 5.74) is 13.3. The molecule has 2 aromatic heterocycles. The lowest BCUT2D eigenvalue weighted by atomic mass is 9.87. The molecule has 3 heterocycles. The van der Waals surface area contributed by atoms with E-state index in [2.05, 4.69) is 173 Å². The maximum atomic E-state index is 2.54. The molecule has 1 aliphatic heterocycles. The maximum Gasteiger partial charge on any atom is 0.113 e. The van der Waals surface area contributed by atoms with Crippen molar-refractivity contribution < 1.29 is 0 Å². The highest BCUT2D eigenvalue weighted by Crippen LogP contribution is 2.43. The minimum Gasteiger partial charge on any atom is -0.135 e. The number of hydrogen-bond donors (Lipinski definition) is 0. The fourth-order valence-electron chi connectivity index (χ4n) is 9.22. The maximum absolute atomic E-state index is 2.54. The molecule has 0 bridgehead atoms. The Hall–Kier alpha value is -5.32. The van der Waals surface area contributed by atoms with Crippen molar-refractivity contribution in [3.8, 4) is 44.5 Å². The number of aryl methyl sites for hydroxylation is 2. The second-order valence-electron chi connectivity index (χ2n) is 15.4. The molecule has 11 rings (SSSR count). The Balaban J connectivity index is 1.02. The van der Waals surface area contributed by atoms with Gasteiger partial charge >= 0.3 is 0 Å². The van der Waals surface area contributed by atoms with Crippen LogP contribution in [0.15, 0.2) is 146 Å². The van der Waals surface area contributed by atoms with Crippen molar-refractivity contribution in [3.63, 3.8) is 0 Å². The predicted octanol–water partition coefficient (Wildman–Crippen LogP) is 14.0. The zero-order valence-electron chi connectivity index (χ0n) is 30.2. The van der Waals surface area contributed by atoms with Gasteiger partial charge in [0.15, 0.2) is 0 Å². The van der Waals surface area contributed by atoms with E-state index in [0.29, 0.717) is 0 Å². The molecule has 0 radical (unpaired) electrons. The number of rotatable bonds is 3. The molecule has 0 nitrogen and oxygen atoms in total. The van der Waals surface area contributed by atoms with E-state index >= 15 is 0 Å². The number of fused-ring (bicyclic) bond motifs is 11. The van der Waals surface area contributed by atoms with Gasteiger partial charge in [-0.3, -0.25) is 0 Å². The summed E-state index contributed by atoms with van der Waals surface area (Å²) in [5, 5.41) is 11.2. The van der Waals surface area contributed by atoms with E-state index in [9.17, 15) is 0 Å². The van der Waals surface area contributed by atoms with Gasteiger partial charge in [0.1, 0.15) is 8.07 Å². The summed E-state index contributed by atoms with van der Waals surface area (Å²) < 4.78 is 5.41. The summed E-state index contributed by atoms with van der Waals surface area (Å²) in [6, 6.07) is 55.6. The van der Waals surface area contributed by atoms with E-state index in [1.54, 1.807) is 10.4 Å². The first-order valence-corrected chi connectivity index (χ1v) is 23.1. The van der Waals surface area contributed by atoms with Gasteiger partial charge in [-0.2, -0.15) is 0 Å². The number of hydrogen-bond acceptors (Lipinski definition) is 2. The van der Waals surface area contributed by atoms with Crippen molar-refractivity contribution in [3.05, 3.63) is 157 Å². The van der Waals surface area contributed by atoms with Crippen molar-refractivity contribution in [2.24, 2.45) is 0 Å².